The molecule has 90 valence electrons. The summed E-state index contributed by atoms with van der Waals surface area (Å²) in [6, 6.07) is 5.60. The molecule has 5 heteroatoms. The van der Waals surface area contributed by atoms with Gasteiger partial charge < -0.3 is 14.6 Å². The normalized spacial score (nSPS) is 10.3. The number of methoxy groups -OCH3 is 1. The first-order valence-corrected chi connectivity index (χ1v) is 5.62. The predicted molar refractivity (Wildman–Crippen MR) is 68.5 cm³/mol. The van der Waals surface area contributed by atoms with Gasteiger partial charge in [-0.3, -0.25) is 0 Å². The molecule has 2 rings (SSSR count). The SMILES string of the molecule is COc1ccc(NCc2nccn2C)cc1Cl. The highest BCUT2D eigenvalue weighted by Gasteiger charge is 2.03. The van der Waals surface area contributed by atoms with Crippen molar-refractivity contribution in [2.24, 2.45) is 7.05 Å². The van der Waals surface area contributed by atoms with Gasteiger partial charge in [-0.15, -0.1) is 0 Å². The van der Waals surface area contributed by atoms with Gasteiger partial charge in [-0.05, 0) is 18.2 Å². The number of hydrogen-bond donors (Lipinski definition) is 1. The Balaban J connectivity index is 2.05. The lowest BCUT2D eigenvalue weighted by Gasteiger charge is -2.08. The highest BCUT2D eigenvalue weighted by Crippen LogP contribution is 2.27. The van der Waals surface area contributed by atoms with E-state index in [4.69, 9.17) is 16.3 Å². The Morgan fingerprint density at radius 2 is 2.29 bits per heavy atom. The summed E-state index contributed by atoms with van der Waals surface area (Å²) >= 11 is 6.04. The minimum absolute atomic E-state index is 0.595. The van der Waals surface area contributed by atoms with E-state index in [-0.39, 0.29) is 0 Å². The number of rotatable bonds is 4. The van der Waals surface area contributed by atoms with Crippen molar-refractivity contribution in [3.05, 3.63) is 41.4 Å². The smallest absolute Gasteiger partial charge is 0.137 e. The largest absolute Gasteiger partial charge is 0.495 e. The van der Waals surface area contributed by atoms with Crippen molar-refractivity contribution in [3.63, 3.8) is 0 Å². The first-order chi connectivity index (χ1) is 8.20. The summed E-state index contributed by atoms with van der Waals surface area (Å²) in [5, 5.41) is 3.85. The molecule has 0 amide bonds. The van der Waals surface area contributed by atoms with Gasteiger partial charge in [0.1, 0.15) is 11.6 Å². The van der Waals surface area contributed by atoms with E-state index in [2.05, 4.69) is 10.3 Å². The molecule has 0 bridgehead atoms. The third kappa shape index (κ3) is 2.71. The first kappa shape index (κ1) is 11.8. The number of imidazole rings is 1. The van der Waals surface area contributed by atoms with Crippen molar-refractivity contribution < 1.29 is 4.74 Å². The zero-order chi connectivity index (χ0) is 12.3. The van der Waals surface area contributed by atoms with Gasteiger partial charge in [0.2, 0.25) is 0 Å². The Morgan fingerprint density at radius 3 is 2.88 bits per heavy atom. The molecule has 4 nitrogen and oxygen atoms in total. The first-order valence-electron chi connectivity index (χ1n) is 5.24. The van der Waals surface area contributed by atoms with E-state index in [0.29, 0.717) is 17.3 Å². The van der Waals surface area contributed by atoms with E-state index in [1.807, 2.05) is 36.0 Å². The predicted octanol–water partition coefficient (Wildman–Crippen LogP) is 2.69. The topological polar surface area (TPSA) is 39.1 Å². The van der Waals surface area contributed by atoms with Gasteiger partial charge in [-0.2, -0.15) is 0 Å². The molecular formula is C12H14ClN3O. The Morgan fingerprint density at radius 1 is 1.47 bits per heavy atom. The highest BCUT2D eigenvalue weighted by atomic mass is 35.5. The molecule has 1 aromatic heterocycles. The zero-order valence-electron chi connectivity index (χ0n) is 9.77. The van der Waals surface area contributed by atoms with Crippen molar-refractivity contribution in [1.82, 2.24) is 9.55 Å². The van der Waals surface area contributed by atoms with Crippen LogP contribution < -0.4 is 10.1 Å². The molecule has 1 aromatic carbocycles. The molecule has 0 aliphatic heterocycles. The molecule has 0 saturated carbocycles. The summed E-state index contributed by atoms with van der Waals surface area (Å²) < 4.78 is 7.06. The number of ether oxygens (including phenoxy) is 1. The van der Waals surface area contributed by atoms with E-state index < -0.39 is 0 Å². The maximum atomic E-state index is 6.04. The van der Waals surface area contributed by atoms with Crippen LogP contribution in [0.3, 0.4) is 0 Å². The minimum Gasteiger partial charge on any atom is -0.495 e. The Kier molecular flexibility index (Phi) is 3.54. The van der Waals surface area contributed by atoms with Crippen LogP contribution >= 0.6 is 11.6 Å². The number of nitrogens with one attached hydrogen (secondary N) is 1. The van der Waals surface area contributed by atoms with Crippen LogP contribution in [0.4, 0.5) is 5.69 Å². The molecule has 0 unspecified atom stereocenters. The molecule has 1 N–H and O–H groups in total. The fourth-order valence-electron chi connectivity index (χ4n) is 1.52. The Hall–Kier alpha value is -1.68. The molecule has 0 atom stereocenters. The Bertz CT molecular complexity index is 510. The van der Waals surface area contributed by atoms with Crippen molar-refractivity contribution >= 4 is 17.3 Å². The monoisotopic (exact) mass is 251 g/mol. The summed E-state index contributed by atoms with van der Waals surface area (Å²) in [4.78, 5) is 4.23. The van der Waals surface area contributed by atoms with Crippen molar-refractivity contribution in [3.8, 4) is 5.75 Å². The molecule has 0 aliphatic rings. The van der Waals surface area contributed by atoms with Crippen LogP contribution in [0.25, 0.3) is 0 Å². The molecule has 0 aliphatic carbocycles. The molecule has 1 heterocycles. The van der Waals surface area contributed by atoms with Gasteiger partial charge in [-0.1, -0.05) is 11.6 Å². The quantitative estimate of drug-likeness (QED) is 0.908. The lowest BCUT2D eigenvalue weighted by atomic mass is 10.3. The molecule has 17 heavy (non-hydrogen) atoms. The third-order valence-corrected chi connectivity index (χ3v) is 2.82. The van der Waals surface area contributed by atoms with Crippen LogP contribution in [0, 0.1) is 0 Å². The van der Waals surface area contributed by atoms with Crippen molar-refractivity contribution in [1.29, 1.82) is 0 Å². The third-order valence-electron chi connectivity index (χ3n) is 2.52. The fraction of sp³-hybridized carbons (Fsp3) is 0.250. The second-order valence-electron chi connectivity index (χ2n) is 3.66. The number of halogens is 1. The summed E-state index contributed by atoms with van der Waals surface area (Å²) in [5.74, 6) is 1.64. The van der Waals surface area contributed by atoms with Gasteiger partial charge in [0, 0.05) is 25.1 Å². The second kappa shape index (κ2) is 5.10. The van der Waals surface area contributed by atoms with E-state index in [1.54, 1.807) is 13.3 Å². The molecule has 0 saturated heterocycles. The number of nitrogens with zero attached hydrogens (tertiary/aromatic N) is 2. The summed E-state index contributed by atoms with van der Waals surface area (Å²) in [7, 11) is 3.56. The van der Waals surface area contributed by atoms with Crippen LogP contribution in [0.1, 0.15) is 5.82 Å². The Labute approximate surface area is 105 Å². The molecular weight excluding hydrogens is 238 g/mol. The molecule has 0 spiro atoms. The molecule has 2 aromatic rings. The number of anilines is 1. The number of hydrogen-bond acceptors (Lipinski definition) is 3. The summed E-state index contributed by atoms with van der Waals surface area (Å²) in [5.41, 5.74) is 0.943. The average Bonchev–Trinajstić information content (AvgIpc) is 2.72. The van der Waals surface area contributed by atoms with Crippen LogP contribution in [0.15, 0.2) is 30.6 Å². The van der Waals surface area contributed by atoms with Crippen LogP contribution in [0.5, 0.6) is 5.75 Å². The molecule has 0 fully saturated rings. The standard InChI is InChI=1S/C12H14ClN3O/c1-16-6-5-14-12(16)8-15-9-3-4-11(17-2)10(13)7-9/h3-7,15H,8H2,1-2H3. The van der Waals surface area contributed by atoms with Crippen LogP contribution in [-0.2, 0) is 13.6 Å². The number of aromatic nitrogens is 2. The van der Waals surface area contributed by atoms with E-state index in [1.165, 1.54) is 0 Å². The van der Waals surface area contributed by atoms with E-state index in [9.17, 15) is 0 Å². The van der Waals surface area contributed by atoms with Gasteiger partial charge in [-0.25, -0.2) is 4.98 Å². The number of benzene rings is 1. The van der Waals surface area contributed by atoms with Gasteiger partial charge in [0.25, 0.3) is 0 Å². The van der Waals surface area contributed by atoms with Crippen molar-refractivity contribution in [2.75, 3.05) is 12.4 Å². The lowest BCUT2D eigenvalue weighted by Crippen LogP contribution is -2.05. The van der Waals surface area contributed by atoms with Gasteiger partial charge >= 0.3 is 0 Å². The summed E-state index contributed by atoms with van der Waals surface area (Å²) in [6.45, 7) is 0.659. The zero-order valence-corrected chi connectivity index (χ0v) is 10.5. The second-order valence-corrected chi connectivity index (χ2v) is 4.06. The summed E-state index contributed by atoms with van der Waals surface area (Å²) in [6.07, 6.45) is 3.69. The van der Waals surface area contributed by atoms with E-state index >= 15 is 0 Å². The van der Waals surface area contributed by atoms with Gasteiger partial charge in [0.05, 0.1) is 18.7 Å². The highest BCUT2D eigenvalue weighted by molar-refractivity contribution is 6.32. The maximum Gasteiger partial charge on any atom is 0.137 e. The maximum absolute atomic E-state index is 6.04. The van der Waals surface area contributed by atoms with Gasteiger partial charge in [0.15, 0.2) is 0 Å². The molecule has 0 radical (unpaired) electrons. The van der Waals surface area contributed by atoms with Crippen LogP contribution in [-0.4, -0.2) is 16.7 Å². The van der Waals surface area contributed by atoms with Crippen molar-refractivity contribution in [2.45, 2.75) is 6.54 Å². The van der Waals surface area contributed by atoms with Crippen LogP contribution in [0.2, 0.25) is 5.02 Å². The number of aryl methyl sites for hydroxylation is 1. The van der Waals surface area contributed by atoms with E-state index in [0.717, 1.165) is 11.5 Å². The fourth-order valence-corrected chi connectivity index (χ4v) is 1.78. The average molecular weight is 252 g/mol. The minimum atomic E-state index is 0.595. The lowest BCUT2D eigenvalue weighted by molar-refractivity contribution is 0.415.